The van der Waals surface area contributed by atoms with Crippen molar-refractivity contribution in [3.05, 3.63) is 58.7 Å². The molecule has 4 rings (SSSR count). The minimum absolute atomic E-state index is 0.473. The highest BCUT2D eigenvalue weighted by Gasteiger charge is 2.14. The number of halogens is 1. The normalized spacial score (nSPS) is 14.1. The van der Waals surface area contributed by atoms with E-state index < -0.39 is 0 Å². The van der Waals surface area contributed by atoms with Crippen LogP contribution >= 0.6 is 27.7 Å². The summed E-state index contributed by atoms with van der Waals surface area (Å²) in [6, 6.07) is 14.1. The largest absolute Gasteiger partial charge is 0.384 e. The fourth-order valence-corrected chi connectivity index (χ4v) is 5.03. The lowest BCUT2D eigenvalue weighted by Gasteiger charge is -2.23. The Kier molecular flexibility index (Phi) is 9.01. The average molecular weight is 556 g/mol. The van der Waals surface area contributed by atoms with Crippen molar-refractivity contribution < 1.29 is 4.74 Å². The van der Waals surface area contributed by atoms with Crippen molar-refractivity contribution in [2.45, 2.75) is 36.8 Å². The molecule has 1 fully saturated rings. The van der Waals surface area contributed by atoms with Crippen LogP contribution in [0.5, 0.6) is 0 Å². The number of nitrogens with zero attached hydrogens (tertiary/aromatic N) is 2. The first kappa shape index (κ1) is 25.5. The van der Waals surface area contributed by atoms with Gasteiger partial charge in [0.25, 0.3) is 0 Å². The lowest BCUT2D eigenvalue weighted by Crippen LogP contribution is -2.23. The zero-order valence-corrected chi connectivity index (χ0v) is 22.4. The summed E-state index contributed by atoms with van der Waals surface area (Å²) in [5.74, 6) is 1.76. The lowest BCUT2D eigenvalue weighted by molar-refractivity contribution is 0.0699. The number of hydrogen-bond acceptors (Lipinski definition) is 8. The van der Waals surface area contributed by atoms with Crippen molar-refractivity contribution in [2.24, 2.45) is 5.92 Å². The van der Waals surface area contributed by atoms with Gasteiger partial charge < -0.3 is 26.1 Å². The fraction of sp³-hybridized carbons (Fsp3) is 0.346. The molecular formula is C26H31BrN6OS. The van der Waals surface area contributed by atoms with Gasteiger partial charge in [0.1, 0.15) is 5.82 Å². The third kappa shape index (κ3) is 7.19. The first-order chi connectivity index (χ1) is 17.0. The van der Waals surface area contributed by atoms with E-state index in [1.165, 1.54) is 11.1 Å². The van der Waals surface area contributed by atoms with Gasteiger partial charge in [0.05, 0.1) is 10.2 Å². The van der Waals surface area contributed by atoms with Crippen LogP contribution in [-0.2, 0) is 4.74 Å². The molecule has 0 atom stereocenters. The van der Waals surface area contributed by atoms with Crippen molar-refractivity contribution in [2.75, 3.05) is 35.7 Å². The Hall–Kier alpha value is -2.62. The molecule has 7 nitrogen and oxygen atoms in total. The quantitative estimate of drug-likeness (QED) is 0.157. The van der Waals surface area contributed by atoms with E-state index in [-0.39, 0.29) is 0 Å². The van der Waals surface area contributed by atoms with Crippen molar-refractivity contribution in [1.82, 2.24) is 9.97 Å². The van der Waals surface area contributed by atoms with Crippen LogP contribution in [0.15, 0.2) is 58.0 Å². The Morgan fingerprint density at radius 1 is 1.14 bits per heavy atom. The van der Waals surface area contributed by atoms with Gasteiger partial charge in [0, 0.05) is 59.3 Å². The molecule has 4 N–H and O–H groups in total. The Balaban J connectivity index is 1.47. The molecule has 3 aromatic rings. The van der Waals surface area contributed by atoms with E-state index in [2.05, 4.69) is 67.8 Å². The summed E-state index contributed by atoms with van der Waals surface area (Å²) >= 11 is 5.37. The van der Waals surface area contributed by atoms with E-state index in [0.29, 0.717) is 22.9 Å². The molecule has 0 bridgehead atoms. The summed E-state index contributed by atoms with van der Waals surface area (Å²) in [4.78, 5) is 10.3. The third-order valence-electron chi connectivity index (χ3n) is 5.63. The molecule has 2 aromatic carbocycles. The molecule has 0 unspecified atom stereocenters. The van der Waals surface area contributed by atoms with E-state index in [9.17, 15) is 0 Å². The molecule has 1 saturated heterocycles. The monoisotopic (exact) mass is 554 g/mol. The Morgan fingerprint density at radius 3 is 2.71 bits per heavy atom. The molecule has 1 aliphatic heterocycles. The van der Waals surface area contributed by atoms with Crippen LogP contribution in [0.25, 0.3) is 0 Å². The number of anilines is 5. The highest BCUT2D eigenvalue weighted by molar-refractivity contribution is 9.10. The highest BCUT2D eigenvalue weighted by atomic mass is 79.9. The fourth-order valence-electron chi connectivity index (χ4n) is 3.82. The number of hydrogen-bond donors (Lipinski definition) is 4. The molecule has 9 heteroatoms. The number of para-hydroxylation sites is 1. The maximum absolute atomic E-state index is 7.88. The van der Waals surface area contributed by atoms with Crippen LogP contribution in [0.3, 0.4) is 0 Å². The summed E-state index contributed by atoms with van der Waals surface area (Å²) in [7, 11) is 0. The zero-order valence-electron chi connectivity index (χ0n) is 20.0. The van der Waals surface area contributed by atoms with E-state index in [1.54, 1.807) is 18.0 Å². The predicted molar refractivity (Wildman–Crippen MR) is 150 cm³/mol. The van der Waals surface area contributed by atoms with Gasteiger partial charge in [0.15, 0.2) is 0 Å². The second kappa shape index (κ2) is 12.4. The highest BCUT2D eigenvalue weighted by Crippen LogP contribution is 2.34. The minimum atomic E-state index is 0.473. The van der Waals surface area contributed by atoms with Gasteiger partial charge in [-0.05, 0) is 65.0 Å². The van der Waals surface area contributed by atoms with E-state index in [0.717, 1.165) is 59.7 Å². The zero-order chi connectivity index (χ0) is 24.6. The Labute approximate surface area is 219 Å². The number of thioether (sulfide) groups is 1. The second-order valence-electron chi connectivity index (χ2n) is 8.69. The minimum Gasteiger partial charge on any atom is -0.384 e. The molecule has 1 aromatic heterocycles. The van der Waals surface area contributed by atoms with Crippen molar-refractivity contribution >= 4 is 62.7 Å². The molecule has 184 valence electrons. The SMILES string of the molecule is CC(C)Sc1ccccc1Nc1nc(Nc2ccc(NCC3CCOCC3)c(C=N)c2)ncc1Br. The first-order valence-corrected chi connectivity index (χ1v) is 13.5. The second-order valence-corrected chi connectivity index (χ2v) is 11.2. The smallest absolute Gasteiger partial charge is 0.229 e. The van der Waals surface area contributed by atoms with Gasteiger partial charge in [-0.1, -0.05) is 26.0 Å². The molecule has 2 heterocycles. The number of aromatic nitrogens is 2. The topological polar surface area (TPSA) is 95.0 Å². The molecule has 0 amide bonds. The molecule has 35 heavy (non-hydrogen) atoms. The molecular weight excluding hydrogens is 524 g/mol. The van der Waals surface area contributed by atoms with Crippen LogP contribution in [0.4, 0.5) is 28.8 Å². The number of rotatable bonds is 10. The van der Waals surface area contributed by atoms with Crippen LogP contribution in [-0.4, -0.2) is 41.2 Å². The van der Waals surface area contributed by atoms with Crippen LogP contribution < -0.4 is 16.0 Å². The summed E-state index contributed by atoms with van der Waals surface area (Å²) in [5.41, 5.74) is 3.60. The summed E-state index contributed by atoms with van der Waals surface area (Å²) in [6.07, 6.45) is 5.25. The van der Waals surface area contributed by atoms with Gasteiger partial charge in [-0.3, -0.25) is 0 Å². The molecule has 0 spiro atoms. The third-order valence-corrected chi connectivity index (χ3v) is 7.29. The van der Waals surface area contributed by atoms with Crippen LogP contribution in [0.1, 0.15) is 32.3 Å². The predicted octanol–water partition coefficient (Wildman–Crippen LogP) is 7.06. The van der Waals surface area contributed by atoms with E-state index in [1.807, 2.05) is 30.3 Å². The van der Waals surface area contributed by atoms with Crippen molar-refractivity contribution in [3.8, 4) is 0 Å². The van der Waals surface area contributed by atoms with Gasteiger partial charge in [-0.25, -0.2) is 4.98 Å². The van der Waals surface area contributed by atoms with Crippen LogP contribution in [0, 0.1) is 11.3 Å². The summed E-state index contributed by atoms with van der Waals surface area (Å²) in [6.45, 7) is 6.91. The first-order valence-electron chi connectivity index (χ1n) is 11.8. The number of benzene rings is 2. The Bertz CT molecular complexity index is 1150. The van der Waals surface area contributed by atoms with Gasteiger partial charge in [-0.15, -0.1) is 11.8 Å². The van der Waals surface area contributed by atoms with Crippen molar-refractivity contribution in [3.63, 3.8) is 0 Å². The summed E-state index contributed by atoms with van der Waals surface area (Å²) < 4.78 is 6.22. The average Bonchev–Trinajstić information content (AvgIpc) is 2.86. The van der Waals surface area contributed by atoms with E-state index >= 15 is 0 Å². The van der Waals surface area contributed by atoms with Crippen LogP contribution in [0.2, 0.25) is 0 Å². The van der Waals surface area contributed by atoms with E-state index in [4.69, 9.17) is 10.1 Å². The molecule has 0 radical (unpaired) electrons. The maximum atomic E-state index is 7.88. The Morgan fingerprint density at radius 2 is 1.94 bits per heavy atom. The molecule has 0 saturated carbocycles. The standard InChI is InChI=1S/C26H31BrN6OS/c1-17(2)35-24-6-4-3-5-23(24)32-25-21(27)16-30-26(33-25)31-20-7-8-22(19(13-20)14-28)29-15-18-9-11-34-12-10-18/h3-8,13-14,16-18,28-29H,9-12,15H2,1-2H3,(H2,30,31,32,33). The van der Waals surface area contributed by atoms with Gasteiger partial charge in [-0.2, -0.15) is 4.98 Å². The van der Waals surface area contributed by atoms with Crippen molar-refractivity contribution in [1.29, 1.82) is 5.41 Å². The molecule has 1 aliphatic rings. The van der Waals surface area contributed by atoms with Gasteiger partial charge >= 0.3 is 0 Å². The number of ether oxygens (including phenoxy) is 1. The maximum Gasteiger partial charge on any atom is 0.229 e. The van der Waals surface area contributed by atoms with Gasteiger partial charge in [0.2, 0.25) is 5.95 Å². The lowest BCUT2D eigenvalue weighted by atomic mass is 10.00. The molecule has 0 aliphatic carbocycles. The number of nitrogens with one attached hydrogen (secondary N) is 4. The summed E-state index contributed by atoms with van der Waals surface area (Å²) in [5, 5.41) is 18.6.